The summed E-state index contributed by atoms with van der Waals surface area (Å²) in [6.45, 7) is 8.78. The van der Waals surface area contributed by atoms with Crippen LogP contribution in [0.2, 0.25) is 0 Å². The molecular weight excluding hydrogens is 415 g/mol. The molecule has 1 saturated heterocycles. The second-order valence-electron chi connectivity index (χ2n) is 6.84. The summed E-state index contributed by atoms with van der Waals surface area (Å²) in [6, 6.07) is -0.0234. The molecule has 1 unspecified atom stereocenters. The molecular formula is C14H31IN4O2S. The van der Waals surface area contributed by atoms with Crippen LogP contribution in [-0.4, -0.2) is 70.6 Å². The lowest BCUT2D eigenvalue weighted by atomic mass is 9.93. The monoisotopic (exact) mass is 446 g/mol. The molecule has 8 heteroatoms. The number of aliphatic imine (C=N–C) groups is 1. The van der Waals surface area contributed by atoms with Gasteiger partial charge in [-0.05, 0) is 32.9 Å². The van der Waals surface area contributed by atoms with Crippen molar-refractivity contribution in [2.24, 2.45) is 10.4 Å². The van der Waals surface area contributed by atoms with Gasteiger partial charge in [0.2, 0.25) is 0 Å². The predicted octanol–water partition coefficient (Wildman–Crippen LogP) is 0.934. The normalized spacial score (nSPS) is 21.5. The zero-order valence-corrected chi connectivity index (χ0v) is 17.5. The van der Waals surface area contributed by atoms with Crippen LogP contribution in [0, 0.1) is 5.41 Å². The van der Waals surface area contributed by atoms with E-state index in [0.29, 0.717) is 18.9 Å². The molecule has 0 aromatic carbocycles. The Morgan fingerprint density at radius 1 is 1.36 bits per heavy atom. The van der Waals surface area contributed by atoms with Crippen molar-refractivity contribution in [2.45, 2.75) is 33.2 Å². The van der Waals surface area contributed by atoms with E-state index in [2.05, 4.69) is 48.5 Å². The highest BCUT2D eigenvalue weighted by molar-refractivity contribution is 14.0. The molecule has 6 nitrogen and oxygen atoms in total. The molecule has 0 aromatic rings. The molecule has 1 aliphatic heterocycles. The van der Waals surface area contributed by atoms with Crippen LogP contribution in [0.3, 0.4) is 0 Å². The van der Waals surface area contributed by atoms with Crippen molar-refractivity contribution in [3.63, 3.8) is 0 Å². The molecule has 1 atom stereocenters. The maximum atomic E-state index is 11.5. The van der Waals surface area contributed by atoms with Crippen molar-refractivity contribution in [3.05, 3.63) is 0 Å². The summed E-state index contributed by atoms with van der Waals surface area (Å²) in [6.07, 6.45) is 0.661. The van der Waals surface area contributed by atoms with Gasteiger partial charge in [-0.2, -0.15) is 0 Å². The van der Waals surface area contributed by atoms with E-state index in [1.54, 1.807) is 0 Å². The molecule has 2 N–H and O–H groups in total. The van der Waals surface area contributed by atoms with Gasteiger partial charge in [-0.15, -0.1) is 24.0 Å². The Balaban J connectivity index is 0.00000441. The maximum Gasteiger partial charge on any atom is 0.191 e. The molecule has 1 aliphatic rings. The lowest BCUT2D eigenvalue weighted by Gasteiger charge is -2.27. The van der Waals surface area contributed by atoms with E-state index in [1.807, 2.05) is 6.92 Å². The topological polar surface area (TPSA) is 73.8 Å². The van der Waals surface area contributed by atoms with E-state index in [0.717, 1.165) is 13.1 Å². The van der Waals surface area contributed by atoms with Crippen molar-refractivity contribution < 1.29 is 8.42 Å². The average Bonchev–Trinajstić information content (AvgIpc) is 2.64. The first kappa shape index (κ1) is 21.9. The van der Waals surface area contributed by atoms with Gasteiger partial charge < -0.3 is 15.5 Å². The van der Waals surface area contributed by atoms with E-state index < -0.39 is 9.84 Å². The molecule has 0 spiro atoms. The number of nitrogens with one attached hydrogen (secondary N) is 2. The highest BCUT2D eigenvalue weighted by Crippen LogP contribution is 2.16. The third kappa shape index (κ3) is 8.52. The van der Waals surface area contributed by atoms with Crippen LogP contribution >= 0.6 is 24.0 Å². The Hall–Kier alpha value is -0.0900. The van der Waals surface area contributed by atoms with Crippen LogP contribution in [0.5, 0.6) is 0 Å². The number of hydrogen-bond acceptors (Lipinski definition) is 4. The summed E-state index contributed by atoms with van der Waals surface area (Å²) in [5.41, 5.74) is 0.0770. The lowest BCUT2D eigenvalue weighted by molar-refractivity contribution is 0.248. The summed E-state index contributed by atoms with van der Waals surface area (Å²) in [7, 11) is 1.24. The van der Waals surface area contributed by atoms with Crippen molar-refractivity contribution in [1.29, 1.82) is 0 Å². The second-order valence-corrected chi connectivity index (χ2v) is 9.07. The molecule has 1 rings (SSSR count). The van der Waals surface area contributed by atoms with Gasteiger partial charge in [-0.3, -0.25) is 4.99 Å². The minimum Gasteiger partial charge on any atom is -0.357 e. The van der Waals surface area contributed by atoms with Gasteiger partial charge in [0.1, 0.15) is 0 Å². The molecule has 0 saturated carbocycles. The van der Waals surface area contributed by atoms with Crippen LogP contribution in [0.25, 0.3) is 0 Å². The van der Waals surface area contributed by atoms with Crippen molar-refractivity contribution in [1.82, 2.24) is 15.5 Å². The first-order valence-electron chi connectivity index (χ1n) is 7.53. The molecule has 1 fully saturated rings. The van der Waals surface area contributed by atoms with Gasteiger partial charge in [0.05, 0.1) is 11.5 Å². The van der Waals surface area contributed by atoms with Crippen molar-refractivity contribution in [3.8, 4) is 0 Å². The Morgan fingerprint density at radius 2 is 2.00 bits per heavy atom. The van der Waals surface area contributed by atoms with Crippen LogP contribution in [0.15, 0.2) is 4.99 Å². The van der Waals surface area contributed by atoms with Gasteiger partial charge in [0.15, 0.2) is 15.8 Å². The zero-order valence-electron chi connectivity index (χ0n) is 14.3. The smallest absolute Gasteiger partial charge is 0.191 e. The zero-order chi connectivity index (χ0) is 16.1. The molecule has 0 aliphatic carbocycles. The maximum absolute atomic E-state index is 11.5. The highest BCUT2D eigenvalue weighted by Gasteiger charge is 2.28. The standard InChI is InChI=1S/C14H30N4O2S.HI/c1-6-15-13(16-10-14(2,3)11-18(4)5)17-12-7-8-21(19,20)9-12;/h12H,6-11H2,1-5H3,(H2,15,16,17);1H. The van der Waals surface area contributed by atoms with E-state index in [1.165, 1.54) is 0 Å². The van der Waals surface area contributed by atoms with Gasteiger partial charge >= 0.3 is 0 Å². The Bertz CT molecular complexity index is 463. The summed E-state index contributed by atoms with van der Waals surface area (Å²) < 4.78 is 23.0. The van der Waals surface area contributed by atoms with Crippen molar-refractivity contribution >= 4 is 39.8 Å². The Morgan fingerprint density at radius 3 is 2.45 bits per heavy atom. The van der Waals surface area contributed by atoms with E-state index in [-0.39, 0.29) is 46.9 Å². The van der Waals surface area contributed by atoms with Crippen LogP contribution < -0.4 is 10.6 Å². The number of guanidine groups is 1. The first-order chi connectivity index (χ1) is 9.63. The van der Waals surface area contributed by atoms with Gasteiger partial charge in [-0.25, -0.2) is 8.42 Å². The highest BCUT2D eigenvalue weighted by atomic mass is 127. The molecule has 132 valence electrons. The second kappa shape index (κ2) is 9.27. The van der Waals surface area contributed by atoms with Gasteiger partial charge in [-0.1, -0.05) is 13.8 Å². The van der Waals surface area contributed by atoms with E-state index in [4.69, 9.17) is 0 Å². The fourth-order valence-corrected chi connectivity index (χ4v) is 4.29. The fraction of sp³-hybridized carbons (Fsp3) is 0.929. The summed E-state index contributed by atoms with van der Waals surface area (Å²) in [5.74, 6) is 1.20. The van der Waals surface area contributed by atoms with E-state index in [9.17, 15) is 8.42 Å². The number of halogens is 1. The first-order valence-corrected chi connectivity index (χ1v) is 9.36. The largest absolute Gasteiger partial charge is 0.357 e. The number of hydrogen-bond donors (Lipinski definition) is 2. The van der Waals surface area contributed by atoms with E-state index >= 15 is 0 Å². The number of rotatable bonds is 6. The quantitative estimate of drug-likeness (QED) is 0.361. The molecule has 0 amide bonds. The predicted molar refractivity (Wildman–Crippen MR) is 104 cm³/mol. The Kier molecular flexibility index (Phi) is 9.23. The number of nitrogens with zero attached hydrogens (tertiary/aromatic N) is 2. The third-order valence-electron chi connectivity index (χ3n) is 3.33. The molecule has 22 heavy (non-hydrogen) atoms. The third-order valence-corrected chi connectivity index (χ3v) is 5.09. The van der Waals surface area contributed by atoms with Crippen LogP contribution in [-0.2, 0) is 9.84 Å². The van der Waals surface area contributed by atoms with Gasteiger partial charge in [0, 0.05) is 25.7 Å². The minimum atomic E-state index is -2.87. The lowest BCUT2D eigenvalue weighted by Crippen LogP contribution is -2.44. The molecule has 0 radical (unpaired) electrons. The number of sulfone groups is 1. The fourth-order valence-electron chi connectivity index (χ4n) is 2.62. The van der Waals surface area contributed by atoms with Crippen LogP contribution in [0.1, 0.15) is 27.2 Å². The Labute approximate surface area is 152 Å². The molecule has 0 aromatic heterocycles. The summed E-state index contributed by atoms with van der Waals surface area (Å²) >= 11 is 0. The summed E-state index contributed by atoms with van der Waals surface area (Å²) in [5, 5.41) is 6.44. The average molecular weight is 446 g/mol. The minimum absolute atomic E-state index is 0. The summed E-state index contributed by atoms with van der Waals surface area (Å²) in [4.78, 5) is 6.77. The molecule has 1 heterocycles. The van der Waals surface area contributed by atoms with Crippen molar-refractivity contribution in [2.75, 3.05) is 45.2 Å². The molecule has 0 bridgehead atoms. The SMILES string of the molecule is CCNC(=NCC(C)(C)CN(C)C)NC1CCS(=O)(=O)C1.I. The van der Waals surface area contributed by atoms with Gasteiger partial charge in [0.25, 0.3) is 0 Å². The van der Waals surface area contributed by atoms with Crippen LogP contribution in [0.4, 0.5) is 0 Å².